The Balaban J connectivity index is 1.91. The lowest BCUT2D eigenvalue weighted by Gasteiger charge is -2.31. The summed E-state index contributed by atoms with van der Waals surface area (Å²) in [5.74, 6) is -0.151. The van der Waals surface area contributed by atoms with E-state index in [0.29, 0.717) is 13.0 Å². The summed E-state index contributed by atoms with van der Waals surface area (Å²) in [6, 6.07) is 7.52. The third-order valence-corrected chi connectivity index (χ3v) is 7.55. The summed E-state index contributed by atoms with van der Waals surface area (Å²) in [6.45, 7) is 6.49. The van der Waals surface area contributed by atoms with Crippen LogP contribution < -0.4 is 36.6 Å². The van der Waals surface area contributed by atoms with Crippen molar-refractivity contribution >= 4 is 46.3 Å². The number of anilines is 2. The predicted molar refractivity (Wildman–Crippen MR) is 136 cm³/mol. The van der Waals surface area contributed by atoms with Gasteiger partial charge in [-0.3, -0.25) is 37.6 Å². The second-order valence-corrected chi connectivity index (χ2v) is 13.3. The van der Waals surface area contributed by atoms with Crippen molar-refractivity contribution in [2.75, 3.05) is 16.3 Å². The molecule has 1 aromatic carbocycles. The minimum atomic E-state index is -4.27. The summed E-state index contributed by atoms with van der Waals surface area (Å²) in [6.07, 6.45) is 3.49. The Hall–Kier alpha value is -2.76. The Morgan fingerprint density at radius 3 is 2.53 bits per heavy atom. The molecule has 0 aliphatic carbocycles. The highest BCUT2D eigenvalue weighted by Gasteiger charge is 2.33. The molecule has 3 aromatic rings. The van der Waals surface area contributed by atoms with E-state index in [-0.39, 0.29) is 38.7 Å². The molecule has 34 heavy (non-hydrogen) atoms. The van der Waals surface area contributed by atoms with E-state index in [0.717, 1.165) is 0 Å². The third-order valence-electron chi connectivity index (χ3n) is 5.38. The molecule has 0 bridgehead atoms. The normalized spacial score (nSPS) is 20.4. The standard InChI is InChI=1S/C21H28N5O6PS/c1-21(2,3)9-11-26-20(28)17(18(27)15-6-5-10-25(15)26)19-22-14-8-7-13(24-34(4,31)32)12-16(14)33(29,30)23-19/h5-8,10,12,22,24,31-32H,9,11H2,1-4H3,(H2,23,29,30)/b19-17+. The number of rotatable bonds is 4. The Labute approximate surface area is 197 Å². The van der Waals surface area contributed by atoms with Crippen LogP contribution in [0.2, 0.25) is 0 Å². The van der Waals surface area contributed by atoms with Crippen molar-refractivity contribution < 1.29 is 18.6 Å². The smallest absolute Gasteiger partial charge is 0.324 e. The van der Waals surface area contributed by atoms with Crippen LogP contribution in [-0.2, 0) is 11.1 Å². The summed E-state index contributed by atoms with van der Waals surface area (Å²) in [5.41, 5.74) is -0.505. The number of hydrogen-bond donors (Lipinski definition) is 6. The quantitative estimate of drug-likeness (QED) is 0.289. The third kappa shape index (κ3) is 4.73. The Bertz CT molecular complexity index is 1500. The van der Waals surface area contributed by atoms with E-state index in [1.165, 1.54) is 33.7 Å². The van der Waals surface area contributed by atoms with E-state index in [1.807, 2.05) is 20.8 Å². The van der Waals surface area contributed by atoms with Gasteiger partial charge in [-0.1, -0.05) is 20.8 Å². The van der Waals surface area contributed by atoms with Crippen LogP contribution in [0.4, 0.5) is 11.4 Å². The monoisotopic (exact) mass is 509 g/mol. The molecular weight excluding hydrogens is 481 g/mol. The first kappa shape index (κ1) is 24.4. The predicted octanol–water partition coefficient (Wildman–Crippen LogP) is 1.92. The lowest BCUT2D eigenvalue weighted by Crippen LogP contribution is -2.52. The molecule has 11 nitrogen and oxygen atoms in total. The van der Waals surface area contributed by atoms with E-state index in [4.69, 9.17) is 0 Å². The minimum Gasteiger partial charge on any atom is -0.340 e. The largest absolute Gasteiger partial charge is 0.340 e. The van der Waals surface area contributed by atoms with Crippen molar-refractivity contribution in [3.05, 3.63) is 62.3 Å². The number of hydrogen-bond acceptors (Lipinski definition) is 7. The average Bonchev–Trinajstić information content (AvgIpc) is 3.16. The molecule has 1 atom stereocenters. The number of aryl methyl sites for hydroxylation is 1. The molecule has 0 radical (unpaired) electrons. The van der Waals surface area contributed by atoms with Gasteiger partial charge in [0, 0.05) is 19.0 Å². The zero-order chi connectivity index (χ0) is 25.1. The molecule has 13 heteroatoms. The SMILES string of the molecule is CC(C)(C)CCn1c(=O)/c(=C2\Nc3ccc(NS(C)(O)O)cc3P(=O)(O)N2)c(=O)c2cccn21. The highest BCUT2D eigenvalue weighted by molar-refractivity contribution is 8.24. The van der Waals surface area contributed by atoms with Crippen molar-refractivity contribution in [1.82, 2.24) is 14.3 Å². The van der Waals surface area contributed by atoms with Gasteiger partial charge in [-0.05, 0) is 42.2 Å². The van der Waals surface area contributed by atoms with Crippen LogP contribution in [0.1, 0.15) is 27.2 Å². The molecule has 0 saturated heterocycles. The number of benzene rings is 1. The second-order valence-electron chi connectivity index (χ2n) is 9.54. The molecule has 184 valence electrons. The van der Waals surface area contributed by atoms with Gasteiger partial charge in [-0.2, -0.15) is 0 Å². The van der Waals surface area contributed by atoms with E-state index < -0.39 is 29.3 Å². The van der Waals surface area contributed by atoms with E-state index in [2.05, 4.69) is 15.1 Å². The zero-order valence-electron chi connectivity index (χ0n) is 19.2. The van der Waals surface area contributed by atoms with Crippen LogP contribution in [0.3, 0.4) is 0 Å². The molecular formula is C21H28N5O6PS. The van der Waals surface area contributed by atoms with Crippen molar-refractivity contribution in [2.24, 2.45) is 5.41 Å². The Kier molecular flexibility index (Phi) is 5.86. The molecule has 2 aromatic heterocycles. The molecule has 0 amide bonds. The van der Waals surface area contributed by atoms with Crippen molar-refractivity contribution in [3.8, 4) is 0 Å². The molecule has 1 aliphatic heterocycles. The summed E-state index contributed by atoms with van der Waals surface area (Å²) in [5, 5.41) is 5.05. The van der Waals surface area contributed by atoms with E-state index >= 15 is 0 Å². The van der Waals surface area contributed by atoms with Crippen LogP contribution in [0.5, 0.6) is 0 Å². The fourth-order valence-electron chi connectivity index (χ4n) is 3.75. The average molecular weight is 510 g/mol. The van der Waals surface area contributed by atoms with Gasteiger partial charge in [0.15, 0.2) is 0 Å². The summed E-state index contributed by atoms with van der Waals surface area (Å²) in [4.78, 5) is 37.4. The molecule has 6 N–H and O–H groups in total. The molecule has 4 rings (SSSR count). The van der Waals surface area contributed by atoms with Gasteiger partial charge in [0.25, 0.3) is 5.56 Å². The zero-order valence-corrected chi connectivity index (χ0v) is 20.9. The molecule has 0 saturated carbocycles. The minimum absolute atomic E-state index is 0.0332. The van der Waals surface area contributed by atoms with Gasteiger partial charge in [0.2, 0.25) is 5.43 Å². The van der Waals surface area contributed by atoms with E-state index in [9.17, 15) is 28.2 Å². The van der Waals surface area contributed by atoms with Crippen LogP contribution in [0, 0.1) is 5.41 Å². The van der Waals surface area contributed by atoms with Crippen molar-refractivity contribution in [1.29, 1.82) is 0 Å². The van der Waals surface area contributed by atoms with Crippen LogP contribution in [0.25, 0.3) is 11.3 Å². The fraction of sp³-hybridized carbons (Fsp3) is 0.333. The van der Waals surface area contributed by atoms with Gasteiger partial charge in [0.1, 0.15) is 16.6 Å². The van der Waals surface area contributed by atoms with Crippen LogP contribution in [-0.4, -0.2) is 29.5 Å². The van der Waals surface area contributed by atoms with Gasteiger partial charge in [-0.25, -0.2) is 4.68 Å². The lowest BCUT2D eigenvalue weighted by atomic mass is 9.92. The molecule has 0 spiro atoms. The number of fused-ring (bicyclic) bond motifs is 2. The second kappa shape index (κ2) is 8.17. The van der Waals surface area contributed by atoms with Gasteiger partial charge in [-0.15, -0.1) is 10.8 Å². The number of aromatic nitrogens is 2. The fourth-order valence-corrected chi connectivity index (χ4v) is 5.69. The van der Waals surface area contributed by atoms with Crippen LogP contribution >= 0.6 is 18.3 Å². The number of nitrogens with zero attached hydrogens (tertiary/aromatic N) is 2. The van der Waals surface area contributed by atoms with Crippen molar-refractivity contribution in [2.45, 2.75) is 33.7 Å². The maximum absolute atomic E-state index is 13.5. The Morgan fingerprint density at radius 2 is 1.88 bits per heavy atom. The summed E-state index contributed by atoms with van der Waals surface area (Å²) in [7, 11) is -7.37. The van der Waals surface area contributed by atoms with E-state index in [1.54, 1.807) is 18.3 Å². The van der Waals surface area contributed by atoms with Gasteiger partial charge >= 0.3 is 7.52 Å². The van der Waals surface area contributed by atoms with Crippen molar-refractivity contribution in [3.63, 3.8) is 0 Å². The lowest BCUT2D eigenvalue weighted by molar-refractivity contribution is 0.331. The first-order valence-electron chi connectivity index (χ1n) is 10.5. The Morgan fingerprint density at radius 1 is 1.18 bits per heavy atom. The molecule has 0 fully saturated rings. The number of nitrogens with one attached hydrogen (secondary N) is 3. The highest BCUT2D eigenvalue weighted by atomic mass is 32.3. The highest BCUT2D eigenvalue weighted by Crippen LogP contribution is 2.44. The molecule has 1 aliphatic rings. The maximum Gasteiger partial charge on any atom is 0.324 e. The van der Waals surface area contributed by atoms with Gasteiger partial charge < -0.3 is 10.2 Å². The summed E-state index contributed by atoms with van der Waals surface area (Å²) < 4.78 is 37.9. The first-order valence-corrected chi connectivity index (χ1v) is 14.1. The van der Waals surface area contributed by atoms with Crippen LogP contribution in [0.15, 0.2) is 46.1 Å². The maximum atomic E-state index is 13.5. The van der Waals surface area contributed by atoms with Gasteiger partial charge in [0.05, 0.1) is 16.7 Å². The topological polar surface area (TPSA) is 157 Å². The molecule has 1 unspecified atom stereocenters. The first-order chi connectivity index (χ1) is 15.7. The molecule has 3 heterocycles. The summed E-state index contributed by atoms with van der Waals surface area (Å²) >= 11 is 0.